The van der Waals surface area contributed by atoms with Gasteiger partial charge in [0.05, 0.1) is 18.5 Å². The molecule has 0 amide bonds. The van der Waals surface area contributed by atoms with E-state index in [1.165, 1.54) is 11.1 Å². The van der Waals surface area contributed by atoms with E-state index < -0.39 is 7.60 Å². The zero-order valence-electron chi connectivity index (χ0n) is 19.0. The molecule has 0 bridgehead atoms. The van der Waals surface area contributed by atoms with Gasteiger partial charge in [0.1, 0.15) is 5.75 Å². The van der Waals surface area contributed by atoms with Gasteiger partial charge in [0, 0.05) is 11.1 Å². The van der Waals surface area contributed by atoms with Gasteiger partial charge in [0.15, 0.2) is 0 Å². The van der Waals surface area contributed by atoms with E-state index in [0.29, 0.717) is 17.5 Å². The molecule has 1 N–H and O–H groups in total. The van der Waals surface area contributed by atoms with Crippen LogP contribution < -0.4 is 10.0 Å². The molecule has 1 aliphatic carbocycles. The molecule has 0 aliphatic heterocycles. The zero-order valence-corrected chi connectivity index (χ0v) is 19.9. The first kappa shape index (κ1) is 22.1. The molecule has 0 radical (unpaired) electrons. The zero-order chi connectivity index (χ0) is 22.3. The first-order chi connectivity index (χ1) is 14.8. The van der Waals surface area contributed by atoms with Crippen molar-refractivity contribution >= 4 is 23.7 Å². The highest BCUT2D eigenvalue weighted by Crippen LogP contribution is 2.51. The normalized spacial score (nSPS) is 16.2. The predicted octanol–water partition coefficient (Wildman–Crippen LogP) is 6.25. The lowest BCUT2D eigenvalue weighted by Gasteiger charge is -2.26. The van der Waals surface area contributed by atoms with Gasteiger partial charge in [-0.25, -0.2) is 0 Å². The summed E-state index contributed by atoms with van der Waals surface area (Å²) in [4.78, 5) is 11.3. The van der Waals surface area contributed by atoms with Crippen LogP contribution in [0.3, 0.4) is 0 Å². The molecule has 3 aromatic carbocycles. The van der Waals surface area contributed by atoms with Crippen LogP contribution in [0.15, 0.2) is 36.4 Å². The Hall–Kier alpha value is -2.13. The summed E-state index contributed by atoms with van der Waals surface area (Å²) in [6.07, 6.45) is 3.34. The highest BCUT2D eigenvalue weighted by Gasteiger charge is 2.36. The minimum atomic E-state index is -4.08. The minimum Gasteiger partial charge on any atom is -0.496 e. The summed E-state index contributed by atoms with van der Waals surface area (Å²) in [6.45, 7) is 7.85. The number of hydrogen-bond acceptors (Lipinski definition) is 3. The summed E-state index contributed by atoms with van der Waals surface area (Å²) in [5.41, 5.74) is 6.11. The summed E-state index contributed by atoms with van der Waals surface area (Å²) >= 11 is 0. The lowest BCUT2D eigenvalue weighted by Crippen LogP contribution is -2.21. The number of rotatable bonds is 6. The number of ether oxygens (including phenoxy) is 1. The van der Waals surface area contributed by atoms with E-state index in [1.807, 2.05) is 45.0 Å². The molecule has 4 nitrogen and oxygen atoms in total. The first-order valence-corrected chi connectivity index (χ1v) is 12.6. The van der Waals surface area contributed by atoms with Crippen molar-refractivity contribution in [1.29, 1.82) is 0 Å². The maximum absolute atomic E-state index is 13.8. The Balaban J connectivity index is 2.14. The molecule has 1 aliphatic rings. The highest BCUT2D eigenvalue weighted by molar-refractivity contribution is 7.61. The van der Waals surface area contributed by atoms with Crippen molar-refractivity contribution in [2.75, 3.05) is 7.11 Å². The standard InChI is InChI=1S/C26H31O4P/c1-6-16(2)30-31(27,28)26-18(4)21-13-9-12-20(21)17(3)24(26)25-22-11-8-7-10-19(22)14-15-23(25)29-5/h7-8,10-11,14-16H,6,9,12-13H2,1-5H3,(H,27,28). The van der Waals surface area contributed by atoms with E-state index in [1.54, 1.807) is 7.11 Å². The third-order valence-corrected chi connectivity index (χ3v) is 8.40. The number of benzene rings is 3. The molecule has 4 rings (SSSR count). The maximum Gasteiger partial charge on any atom is 0.359 e. The molecule has 5 heteroatoms. The monoisotopic (exact) mass is 438 g/mol. The van der Waals surface area contributed by atoms with E-state index >= 15 is 0 Å². The third-order valence-electron chi connectivity index (χ3n) is 6.63. The highest BCUT2D eigenvalue weighted by atomic mass is 31.2. The fraction of sp³-hybridized carbons (Fsp3) is 0.385. The van der Waals surface area contributed by atoms with Crippen molar-refractivity contribution in [2.24, 2.45) is 0 Å². The second-order valence-electron chi connectivity index (χ2n) is 8.49. The lowest BCUT2D eigenvalue weighted by molar-refractivity contribution is 0.192. The molecule has 0 spiro atoms. The SMILES string of the molecule is CCC(C)OP(=O)(O)c1c(C)c2c(c(C)c1-c1c(OC)ccc3ccccc13)CCC2. The van der Waals surface area contributed by atoms with E-state index in [9.17, 15) is 9.46 Å². The quantitative estimate of drug-likeness (QED) is 0.463. The molecule has 31 heavy (non-hydrogen) atoms. The van der Waals surface area contributed by atoms with Gasteiger partial charge in [0.25, 0.3) is 0 Å². The van der Waals surface area contributed by atoms with Crippen LogP contribution in [-0.4, -0.2) is 18.1 Å². The van der Waals surface area contributed by atoms with Gasteiger partial charge in [-0.05, 0) is 85.5 Å². The van der Waals surface area contributed by atoms with E-state index in [-0.39, 0.29) is 6.10 Å². The lowest BCUT2D eigenvalue weighted by atomic mass is 9.88. The van der Waals surface area contributed by atoms with Crippen LogP contribution in [0, 0.1) is 13.8 Å². The predicted molar refractivity (Wildman–Crippen MR) is 128 cm³/mol. The summed E-state index contributed by atoms with van der Waals surface area (Å²) in [5, 5.41) is 2.50. The summed E-state index contributed by atoms with van der Waals surface area (Å²) < 4.78 is 25.3. The molecule has 2 unspecified atom stereocenters. The Morgan fingerprint density at radius 2 is 1.71 bits per heavy atom. The van der Waals surface area contributed by atoms with Gasteiger partial charge >= 0.3 is 7.60 Å². The van der Waals surface area contributed by atoms with Crippen molar-refractivity contribution in [3.63, 3.8) is 0 Å². The second-order valence-corrected chi connectivity index (χ2v) is 10.2. The van der Waals surface area contributed by atoms with E-state index in [0.717, 1.165) is 52.3 Å². The molecular formula is C26H31O4P. The van der Waals surface area contributed by atoms with Crippen molar-refractivity contribution in [3.8, 4) is 16.9 Å². The molecule has 3 aromatic rings. The van der Waals surface area contributed by atoms with Gasteiger partial charge in [0.2, 0.25) is 0 Å². The topological polar surface area (TPSA) is 55.8 Å². The third kappa shape index (κ3) is 3.71. The molecular weight excluding hydrogens is 407 g/mol. The van der Waals surface area contributed by atoms with Gasteiger partial charge in [-0.15, -0.1) is 0 Å². The van der Waals surface area contributed by atoms with Crippen LogP contribution in [0.4, 0.5) is 0 Å². The number of methoxy groups -OCH3 is 1. The summed E-state index contributed by atoms with van der Waals surface area (Å²) in [7, 11) is -2.43. The largest absolute Gasteiger partial charge is 0.496 e. The Labute approximate surface area is 184 Å². The van der Waals surface area contributed by atoms with Gasteiger partial charge in [-0.3, -0.25) is 4.57 Å². The van der Waals surface area contributed by atoms with Crippen LogP contribution in [0.25, 0.3) is 21.9 Å². The molecule has 164 valence electrons. The smallest absolute Gasteiger partial charge is 0.359 e. The second kappa shape index (κ2) is 8.43. The average Bonchev–Trinajstić information content (AvgIpc) is 3.25. The van der Waals surface area contributed by atoms with Crippen molar-refractivity contribution < 1.29 is 18.7 Å². The maximum atomic E-state index is 13.8. The Morgan fingerprint density at radius 3 is 2.39 bits per heavy atom. The van der Waals surface area contributed by atoms with Crippen LogP contribution >= 0.6 is 7.60 Å². The Bertz CT molecular complexity index is 1200. The molecule has 0 saturated carbocycles. The van der Waals surface area contributed by atoms with Crippen LogP contribution in [-0.2, 0) is 21.9 Å². The number of fused-ring (bicyclic) bond motifs is 2. The van der Waals surface area contributed by atoms with Gasteiger partial charge in [-0.2, -0.15) is 0 Å². The molecule has 0 heterocycles. The Morgan fingerprint density at radius 1 is 1.03 bits per heavy atom. The molecule has 0 saturated heterocycles. The van der Waals surface area contributed by atoms with E-state index in [2.05, 4.69) is 19.1 Å². The number of hydrogen-bond donors (Lipinski definition) is 1. The fourth-order valence-electron chi connectivity index (χ4n) is 4.94. The van der Waals surface area contributed by atoms with Gasteiger partial charge < -0.3 is 14.2 Å². The molecule has 2 atom stereocenters. The van der Waals surface area contributed by atoms with Crippen molar-refractivity contribution in [1.82, 2.24) is 0 Å². The summed E-state index contributed by atoms with van der Waals surface area (Å²) in [6, 6.07) is 12.1. The first-order valence-electron chi connectivity index (χ1n) is 11.0. The summed E-state index contributed by atoms with van der Waals surface area (Å²) in [5.74, 6) is 0.698. The minimum absolute atomic E-state index is 0.314. The molecule has 0 fully saturated rings. The van der Waals surface area contributed by atoms with Gasteiger partial charge in [-0.1, -0.05) is 37.3 Å². The fourth-order valence-corrected chi connectivity index (χ4v) is 6.80. The van der Waals surface area contributed by atoms with Crippen LogP contribution in [0.5, 0.6) is 5.75 Å². The van der Waals surface area contributed by atoms with Crippen molar-refractivity contribution in [3.05, 3.63) is 58.7 Å². The average molecular weight is 439 g/mol. The molecule has 0 aromatic heterocycles. The van der Waals surface area contributed by atoms with Crippen LogP contribution in [0.1, 0.15) is 48.9 Å². The van der Waals surface area contributed by atoms with Crippen LogP contribution in [0.2, 0.25) is 0 Å². The van der Waals surface area contributed by atoms with E-state index in [4.69, 9.17) is 9.26 Å². The van der Waals surface area contributed by atoms with Crippen molar-refractivity contribution in [2.45, 2.75) is 59.5 Å². The Kier molecular flexibility index (Phi) is 6.00.